The Kier molecular flexibility index (Phi) is 3.21. The van der Waals surface area contributed by atoms with Crippen molar-refractivity contribution in [2.75, 3.05) is 2.43 Å². The van der Waals surface area contributed by atoms with Crippen molar-refractivity contribution in [2.24, 2.45) is 0 Å². The van der Waals surface area contributed by atoms with E-state index in [9.17, 15) is 0 Å². The summed E-state index contributed by atoms with van der Waals surface area (Å²) in [6.07, 6.45) is 6.04. The van der Waals surface area contributed by atoms with Crippen LogP contribution in [0.15, 0.2) is 6.20 Å². The fourth-order valence-corrected chi connectivity index (χ4v) is 7.76. The molecule has 0 spiro atoms. The van der Waals surface area contributed by atoms with Gasteiger partial charge in [-0.3, -0.25) is 0 Å². The third kappa shape index (κ3) is 2.19. The van der Waals surface area contributed by atoms with E-state index >= 15 is 0 Å². The Labute approximate surface area is 110 Å². The van der Waals surface area contributed by atoms with Crippen molar-refractivity contribution >= 4 is 0 Å². The molecule has 0 bridgehead atoms. The molecule has 0 N–H and O–H groups in total. The fraction of sp³-hybridized carbons (Fsp3) is 0.700. The zero-order valence-electron chi connectivity index (χ0n) is 8.62. The summed E-state index contributed by atoms with van der Waals surface area (Å²) in [4.78, 5) is 4.55. The minimum absolute atomic E-state index is 0.319. The molecule has 1 saturated heterocycles. The monoisotopic (exact) mass is 432 g/mol. The van der Waals surface area contributed by atoms with Crippen LogP contribution in [0.3, 0.4) is 0 Å². The van der Waals surface area contributed by atoms with E-state index in [0.29, 0.717) is 48.6 Å². The van der Waals surface area contributed by atoms with E-state index in [1.54, 1.807) is 2.43 Å². The van der Waals surface area contributed by atoms with Crippen molar-refractivity contribution in [3.8, 4) is 0 Å². The van der Waals surface area contributed by atoms with Crippen molar-refractivity contribution < 1.29 is 47.1 Å². The van der Waals surface area contributed by atoms with Gasteiger partial charge in [0.05, 0.1) is 0 Å². The number of fused-ring (bicyclic) bond motifs is 1. The number of rotatable bonds is 2. The first kappa shape index (κ1) is 10.8. The van der Waals surface area contributed by atoms with Crippen LogP contribution in [0.4, 0.5) is 0 Å². The van der Waals surface area contributed by atoms with E-state index in [1.165, 1.54) is 18.7 Å². The number of nitrogens with zero attached hydrogens (tertiary/aromatic N) is 2. The standard InChI is InChI=1S/C10H14I2N2O/c1-7-5-14-8(13-7)3-2-4-9(14)15-10-11-6-12-10/h5,9-10H,2-4,6H2,1H3/q-2. The van der Waals surface area contributed by atoms with Crippen LogP contribution >= 0.6 is 0 Å². The van der Waals surface area contributed by atoms with Crippen LogP contribution < -0.4 is 42.4 Å². The number of aromatic nitrogens is 2. The topological polar surface area (TPSA) is 27.1 Å². The van der Waals surface area contributed by atoms with Crippen molar-refractivity contribution in [3.05, 3.63) is 17.7 Å². The molecular weight excluding hydrogens is 418 g/mol. The molecule has 15 heavy (non-hydrogen) atoms. The molecule has 0 aromatic carbocycles. The van der Waals surface area contributed by atoms with E-state index in [4.69, 9.17) is 4.74 Å². The summed E-state index contributed by atoms with van der Waals surface area (Å²) < 4.78 is 10.8. The molecule has 3 nitrogen and oxygen atoms in total. The second kappa shape index (κ2) is 4.48. The van der Waals surface area contributed by atoms with Crippen molar-refractivity contribution in [1.29, 1.82) is 0 Å². The Morgan fingerprint density at radius 1 is 1.53 bits per heavy atom. The Bertz CT molecular complexity index is 362. The first-order valence-electron chi connectivity index (χ1n) is 5.18. The van der Waals surface area contributed by atoms with Crippen LogP contribution in [0.5, 0.6) is 0 Å². The molecule has 5 heteroatoms. The zero-order valence-corrected chi connectivity index (χ0v) is 12.9. The molecule has 3 rings (SSSR count). The van der Waals surface area contributed by atoms with Gasteiger partial charge in [0.1, 0.15) is 0 Å². The zero-order chi connectivity index (χ0) is 10.3. The average molecular weight is 432 g/mol. The molecule has 0 aliphatic carbocycles. The third-order valence-corrected chi connectivity index (χ3v) is 14.3. The van der Waals surface area contributed by atoms with Gasteiger partial charge in [-0.05, 0) is 0 Å². The number of aryl methyl sites for hydroxylation is 2. The maximum absolute atomic E-state index is 6.19. The van der Waals surface area contributed by atoms with E-state index in [2.05, 4.69) is 22.7 Å². The van der Waals surface area contributed by atoms with Crippen LogP contribution in [-0.2, 0) is 11.2 Å². The number of alkyl halides is 4. The predicted molar refractivity (Wildman–Crippen MR) is 48.7 cm³/mol. The van der Waals surface area contributed by atoms with E-state index < -0.39 is 0 Å². The first-order chi connectivity index (χ1) is 7.33. The first-order valence-corrected chi connectivity index (χ1v) is 10.7. The third-order valence-electron chi connectivity index (χ3n) is 2.71. The van der Waals surface area contributed by atoms with Gasteiger partial charge in [-0.15, -0.1) is 0 Å². The Morgan fingerprint density at radius 3 is 3.13 bits per heavy atom. The van der Waals surface area contributed by atoms with Gasteiger partial charge in [-0.1, -0.05) is 0 Å². The van der Waals surface area contributed by atoms with Crippen LogP contribution in [-0.4, -0.2) is 14.1 Å². The molecule has 86 valence electrons. The summed E-state index contributed by atoms with van der Waals surface area (Å²) >= 11 is 0.815. The summed E-state index contributed by atoms with van der Waals surface area (Å²) in [5, 5.41) is 0. The quantitative estimate of drug-likeness (QED) is 0.348. The second-order valence-corrected chi connectivity index (χ2v) is 14.7. The number of hydrogen-bond donors (Lipinski definition) is 0. The van der Waals surface area contributed by atoms with Crippen LogP contribution in [0.25, 0.3) is 0 Å². The summed E-state index contributed by atoms with van der Waals surface area (Å²) in [5.74, 6) is 1.24. The van der Waals surface area contributed by atoms with Gasteiger partial charge in [-0.25, -0.2) is 0 Å². The van der Waals surface area contributed by atoms with Gasteiger partial charge in [0.2, 0.25) is 0 Å². The minimum atomic E-state index is 0.319. The van der Waals surface area contributed by atoms with Crippen molar-refractivity contribution in [2.45, 2.75) is 34.5 Å². The van der Waals surface area contributed by atoms with Crippen LogP contribution in [0, 0.1) is 6.92 Å². The summed E-state index contributed by atoms with van der Waals surface area (Å²) in [5.41, 5.74) is 1.14. The Hall–Kier alpha value is 0.630. The average Bonchev–Trinajstić information content (AvgIpc) is 2.52. The van der Waals surface area contributed by atoms with Crippen molar-refractivity contribution in [3.63, 3.8) is 0 Å². The SMILES string of the molecule is Cc1cn2c(n1)CCCC2OC1[I-]C[I-]1. The van der Waals surface area contributed by atoms with E-state index in [0.717, 1.165) is 14.2 Å². The molecule has 2 aliphatic rings. The Morgan fingerprint density at radius 2 is 2.40 bits per heavy atom. The normalized spacial score (nSPS) is 27.1. The summed E-state index contributed by atoms with van der Waals surface area (Å²) in [6, 6.07) is 0. The molecule has 1 aromatic rings. The molecular formula is C10H14I2N2O-2. The molecule has 1 fully saturated rings. The molecule has 0 saturated carbocycles. The summed E-state index contributed by atoms with van der Waals surface area (Å²) in [6.45, 7) is 2.07. The number of ether oxygens (including phenoxy) is 1. The van der Waals surface area contributed by atoms with E-state index in [-0.39, 0.29) is 0 Å². The van der Waals surface area contributed by atoms with Gasteiger partial charge in [-0.2, -0.15) is 0 Å². The molecule has 2 aliphatic heterocycles. The van der Waals surface area contributed by atoms with Gasteiger partial charge in [0.25, 0.3) is 0 Å². The van der Waals surface area contributed by atoms with Gasteiger partial charge >= 0.3 is 111 Å². The summed E-state index contributed by atoms with van der Waals surface area (Å²) in [7, 11) is 0. The van der Waals surface area contributed by atoms with Gasteiger partial charge in [0, 0.05) is 0 Å². The molecule has 1 unspecified atom stereocenters. The molecule has 1 aromatic heterocycles. The van der Waals surface area contributed by atoms with E-state index in [1.807, 2.05) is 0 Å². The predicted octanol–water partition coefficient (Wildman–Crippen LogP) is -4.52. The van der Waals surface area contributed by atoms with Gasteiger partial charge in [0.15, 0.2) is 0 Å². The number of halogens is 2. The fourth-order valence-electron chi connectivity index (χ4n) is 2.01. The molecule has 1 atom stereocenters. The van der Waals surface area contributed by atoms with Crippen LogP contribution in [0.2, 0.25) is 0 Å². The second-order valence-electron chi connectivity index (χ2n) is 3.86. The van der Waals surface area contributed by atoms with Crippen molar-refractivity contribution in [1.82, 2.24) is 9.55 Å². The van der Waals surface area contributed by atoms with Gasteiger partial charge < -0.3 is 0 Å². The number of imidazole rings is 1. The van der Waals surface area contributed by atoms with Crippen LogP contribution in [0.1, 0.15) is 30.6 Å². The maximum atomic E-state index is 6.19. The molecule has 0 amide bonds. The Balaban J connectivity index is 1.78. The molecule has 0 radical (unpaired) electrons. The number of hydrogen-bond acceptors (Lipinski definition) is 2. The molecule has 3 heterocycles.